The Labute approximate surface area is 115 Å². The molecule has 3 N–H and O–H groups in total. The van der Waals surface area contributed by atoms with Crippen molar-refractivity contribution in [3.8, 4) is 0 Å². The average molecular weight is 278 g/mol. The van der Waals surface area contributed by atoms with Gasteiger partial charge in [0.15, 0.2) is 0 Å². The van der Waals surface area contributed by atoms with Crippen molar-refractivity contribution in [3.05, 3.63) is 53.2 Å². The van der Waals surface area contributed by atoms with E-state index in [1.165, 1.54) is 6.20 Å². The largest absolute Gasteiger partial charge is 0.392 e. The lowest BCUT2D eigenvalue weighted by Crippen LogP contribution is -2.20. The van der Waals surface area contributed by atoms with Crippen LogP contribution in [-0.2, 0) is 6.61 Å². The third-order valence-electron chi connectivity index (χ3n) is 2.33. The van der Waals surface area contributed by atoms with E-state index in [0.29, 0.717) is 22.1 Å². The first kappa shape index (κ1) is 13.3. The number of hydrogen-bond donors (Lipinski definition) is 3. The number of aliphatic hydroxyl groups is 1. The van der Waals surface area contributed by atoms with Gasteiger partial charge in [0.2, 0.25) is 0 Å². The number of halogens is 1. The molecular formula is C13H12ClN3O2. The van der Waals surface area contributed by atoms with E-state index >= 15 is 0 Å². The molecule has 0 atom stereocenters. The molecule has 0 aliphatic rings. The third kappa shape index (κ3) is 3.94. The van der Waals surface area contributed by atoms with Crippen molar-refractivity contribution in [3.63, 3.8) is 0 Å². The van der Waals surface area contributed by atoms with E-state index in [4.69, 9.17) is 16.7 Å². The molecule has 1 heterocycles. The van der Waals surface area contributed by atoms with Crippen LogP contribution >= 0.6 is 11.6 Å². The normalized spacial score (nSPS) is 10.0. The number of aromatic nitrogens is 1. The van der Waals surface area contributed by atoms with Crippen LogP contribution in [-0.4, -0.2) is 16.1 Å². The second-order valence-corrected chi connectivity index (χ2v) is 4.24. The fourth-order valence-electron chi connectivity index (χ4n) is 1.44. The van der Waals surface area contributed by atoms with Crippen LogP contribution in [0.1, 0.15) is 5.56 Å². The van der Waals surface area contributed by atoms with Gasteiger partial charge in [-0.05, 0) is 29.8 Å². The minimum atomic E-state index is -0.411. The first-order chi connectivity index (χ1) is 9.17. The summed E-state index contributed by atoms with van der Waals surface area (Å²) in [7, 11) is 0. The Morgan fingerprint density at radius 1 is 1.26 bits per heavy atom. The molecule has 5 nitrogen and oxygen atoms in total. The standard InChI is InChI=1S/C13H12ClN3O2/c14-10-2-1-3-11(6-10)16-13(19)17-12-5-4-9(8-18)7-15-12/h1-7,18H,8H2,(H2,15,16,17,19). The number of benzene rings is 1. The van der Waals surface area contributed by atoms with Gasteiger partial charge in [-0.25, -0.2) is 9.78 Å². The number of amides is 2. The van der Waals surface area contributed by atoms with Crippen LogP contribution in [0.15, 0.2) is 42.6 Å². The second kappa shape index (κ2) is 6.17. The summed E-state index contributed by atoms with van der Waals surface area (Å²) >= 11 is 5.81. The van der Waals surface area contributed by atoms with Crippen LogP contribution in [0.5, 0.6) is 0 Å². The van der Waals surface area contributed by atoms with Crippen LogP contribution in [0.25, 0.3) is 0 Å². The van der Waals surface area contributed by atoms with Crippen molar-refractivity contribution in [2.45, 2.75) is 6.61 Å². The molecule has 0 saturated carbocycles. The van der Waals surface area contributed by atoms with Crippen LogP contribution in [0.3, 0.4) is 0 Å². The summed E-state index contributed by atoms with van der Waals surface area (Å²) in [5.41, 5.74) is 1.28. The van der Waals surface area contributed by atoms with Gasteiger partial charge in [0, 0.05) is 16.9 Å². The lowest BCUT2D eigenvalue weighted by molar-refractivity contribution is 0.262. The van der Waals surface area contributed by atoms with Crippen LogP contribution in [0.2, 0.25) is 5.02 Å². The molecular weight excluding hydrogens is 266 g/mol. The first-order valence-corrected chi connectivity index (χ1v) is 5.94. The summed E-state index contributed by atoms with van der Waals surface area (Å²) in [5, 5.41) is 14.6. The van der Waals surface area contributed by atoms with Gasteiger partial charge >= 0.3 is 6.03 Å². The monoisotopic (exact) mass is 277 g/mol. The van der Waals surface area contributed by atoms with Gasteiger partial charge < -0.3 is 10.4 Å². The Morgan fingerprint density at radius 3 is 2.74 bits per heavy atom. The van der Waals surface area contributed by atoms with Crippen molar-refractivity contribution in [2.24, 2.45) is 0 Å². The average Bonchev–Trinajstić information content (AvgIpc) is 2.39. The van der Waals surface area contributed by atoms with Gasteiger partial charge in [0.05, 0.1) is 6.61 Å². The quantitative estimate of drug-likeness (QED) is 0.807. The van der Waals surface area contributed by atoms with E-state index in [-0.39, 0.29) is 6.61 Å². The summed E-state index contributed by atoms with van der Waals surface area (Å²) in [6.07, 6.45) is 1.50. The summed E-state index contributed by atoms with van der Waals surface area (Å²) in [5.74, 6) is 0.400. The number of nitrogens with zero attached hydrogens (tertiary/aromatic N) is 1. The topological polar surface area (TPSA) is 74.2 Å². The van der Waals surface area contributed by atoms with Crippen LogP contribution in [0, 0.1) is 0 Å². The Hall–Kier alpha value is -2.11. The number of carbonyl (C=O) groups excluding carboxylic acids is 1. The Balaban J connectivity index is 1.97. The number of hydrogen-bond acceptors (Lipinski definition) is 3. The van der Waals surface area contributed by atoms with E-state index in [9.17, 15) is 4.79 Å². The molecule has 98 valence electrons. The van der Waals surface area contributed by atoms with Crippen molar-refractivity contribution >= 4 is 29.1 Å². The molecule has 0 radical (unpaired) electrons. The van der Waals surface area contributed by atoms with Crippen LogP contribution < -0.4 is 10.6 Å². The summed E-state index contributed by atoms with van der Waals surface area (Å²) in [6.45, 7) is -0.0814. The van der Waals surface area contributed by atoms with Crippen molar-refractivity contribution in [1.29, 1.82) is 0 Å². The van der Waals surface area contributed by atoms with E-state index in [1.807, 2.05) is 0 Å². The molecule has 2 amide bonds. The van der Waals surface area contributed by atoms with E-state index < -0.39 is 6.03 Å². The van der Waals surface area contributed by atoms with Gasteiger partial charge in [-0.1, -0.05) is 23.7 Å². The number of aliphatic hydroxyl groups excluding tert-OH is 1. The molecule has 0 saturated heterocycles. The SMILES string of the molecule is O=C(Nc1cccc(Cl)c1)Nc1ccc(CO)cn1. The molecule has 0 aliphatic heterocycles. The summed E-state index contributed by atoms with van der Waals surface area (Å²) in [4.78, 5) is 15.7. The summed E-state index contributed by atoms with van der Waals surface area (Å²) < 4.78 is 0. The van der Waals surface area contributed by atoms with Crippen molar-refractivity contribution < 1.29 is 9.90 Å². The minimum Gasteiger partial charge on any atom is -0.392 e. The third-order valence-corrected chi connectivity index (χ3v) is 2.57. The maximum Gasteiger partial charge on any atom is 0.324 e. The van der Waals surface area contributed by atoms with Crippen molar-refractivity contribution in [2.75, 3.05) is 10.6 Å². The summed E-state index contributed by atoms with van der Waals surface area (Å²) in [6, 6.07) is 9.72. The Bertz CT molecular complexity index is 572. The molecule has 0 unspecified atom stereocenters. The number of anilines is 2. The molecule has 0 fully saturated rings. The first-order valence-electron chi connectivity index (χ1n) is 5.57. The smallest absolute Gasteiger partial charge is 0.324 e. The highest BCUT2D eigenvalue weighted by Crippen LogP contribution is 2.15. The lowest BCUT2D eigenvalue weighted by atomic mass is 10.3. The van der Waals surface area contributed by atoms with Crippen LogP contribution in [0.4, 0.5) is 16.3 Å². The number of nitrogens with one attached hydrogen (secondary N) is 2. The van der Waals surface area contributed by atoms with Gasteiger partial charge in [-0.3, -0.25) is 5.32 Å². The maximum atomic E-state index is 11.7. The van der Waals surface area contributed by atoms with Gasteiger partial charge in [-0.2, -0.15) is 0 Å². The van der Waals surface area contributed by atoms with Crippen molar-refractivity contribution in [1.82, 2.24) is 4.98 Å². The minimum absolute atomic E-state index is 0.0814. The highest BCUT2D eigenvalue weighted by Gasteiger charge is 2.03. The fraction of sp³-hybridized carbons (Fsp3) is 0.0769. The molecule has 1 aromatic heterocycles. The molecule has 0 aliphatic carbocycles. The zero-order valence-corrected chi connectivity index (χ0v) is 10.7. The highest BCUT2D eigenvalue weighted by molar-refractivity contribution is 6.30. The lowest BCUT2D eigenvalue weighted by Gasteiger charge is -2.07. The van der Waals surface area contributed by atoms with Gasteiger partial charge in [-0.15, -0.1) is 0 Å². The molecule has 19 heavy (non-hydrogen) atoms. The van der Waals surface area contributed by atoms with E-state index in [1.54, 1.807) is 36.4 Å². The number of rotatable bonds is 3. The Morgan fingerprint density at radius 2 is 2.11 bits per heavy atom. The fourth-order valence-corrected chi connectivity index (χ4v) is 1.63. The number of urea groups is 1. The molecule has 6 heteroatoms. The second-order valence-electron chi connectivity index (χ2n) is 3.80. The highest BCUT2D eigenvalue weighted by atomic mass is 35.5. The molecule has 2 rings (SSSR count). The number of pyridine rings is 1. The molecule has 2 aromatic rings. The number of carbonyl (C=O) groups is 1. The zero-order chi connectivity index (χ0) is 13.7. The predicted octanol–water partition coefficient (Wildman–Crippen LogP) is 2.87. The van der Waals surface area contributed by atoms with E-state index in [2.05, 4.69) is 15.6 Å². The predicted molar refractivity (Wildman–Crippen MR) is 74.3 cm³/mol. The van der Waals surface area contributed by atoms with Gasteiger partial charge in [0.1, 0.15) is 5.82 Å². The van der Waals surface area contributed by atoms with Gasteiger partial charge in [0.25, 0.3) is 0 Å². The zero-order valence-electron chi connectivity index (χ0n) is 9.93. The molecule has 1 aromatic carbocycles. The molecule has 0 bridgehead atoms. The molecule has 0 spiro atoms. The Kier molecular flexibility index (Phi) is 4.33. The van der Waals surface area contributed by atoms with E-state index in [0.717, 1.165) is 0 Å². The maximum absolute atomic E-state index is 11.7.